The van der Waals surface area contributed by atoms with Crippen molar-refractivity contribution in [3.63, 3.8) is 0 Å². The molecule has 13 heavy (non-hydrogen) atoms. The summed E-state index contributed by atoms with van der Waals surface area (Å²) in [5.74, 6) is 0.505. The van der Waals surface area contributed by atoms with E-state index in [0.29, 0.717) is 5.92 Å². The molecule has 1 saturated heterocycles. The summed E-state index contributed by atoms with van der Waals surface area (Å²) in [6.45, 7) is 6.79. The fourth-order valence-corrected chi connectivity index (χ4v) is 2.74. The molecule has 2 rings (SSSR count). The van der Waals surface area contributed by atoms with Crippen LogP contribution in [0.1, 0.15) is 40.0 Å². The zero-order valence-electron chi connectivity index (χ0n) is 8.71. The Balaban J connectivity index is 2.26. The van der Waals surface area contributed by atoms with Gasteiger partial charge in [0.25, 0.3) is 0 Å². The third-order valence-corrected chi connectivity index (χ3v) is 3.75. The first-order valence-electron chi connectivity index (χ1n) is 5.10. The van der Waals surface area contributed by atoms with E-state index in [4.69, 9.17) is 4.74 Å². The Bertz CT molecular complexity index is 217. The largest absolute Gasteiger partial charge is 0.359 e. The van der Waals surface area contributed by atoms with Crippen molar-refractivity contribution in [3.05, 3.63) is 0 Å². The Hall–Kier alpha value is -0.120. The van der Waals surface area contributed by atoms with Crippen LogP contribution in [0.2, 0.25) is 0 Å². The van der Waals surface area contributed by atoms with Crippen LogP contribution in [0.25, 0.3) is 0 Å². The first-order valence-corrected chi connectivity index (χ1v) is 5.10. The molecule has 0 unspecified atom stereocenters. The van der Waals surface area contributed by atoms with Gasteiger partial charge in [-0.2, -0.15) is 5.06 Å². The van der Waals surface area contributed by atoms with Crippen molar-refractivity contribution in [1.82, 2.24) is 5.06 Å². The summed E-state index contributed by atoms with van der Waals surface area (Å²) in [5, 5.41) is 11.5. The molecule has 2 atom stereocenters. The van der Waals surface area contributed by atoms with E-state index in [1.807, 2.05) is 13.8 Å². The molecule has 0 spiro atoms. The van der Waals surface area contributed by atoms with Crippen molar-refractivity contribution >= 4 is 0 Å². The van der Waals surface area contributed by atoms with Crippen LogP contribution in [0.15, 0.2) is 0 Å². The van der Waals surface area contributed by atoms with Gasteiger partial charge in [0.05, 0.1) is 12.1 Å². The second-order valence-electron chi connectivity index (χ2n) is 5.02. The van der Waals surface area contributed by atoms with E-state index in [0.717, 1.165) is 13.0 Å². The predicted molar refractivity (Wildman–Crippen MR) is 49.4 cm³/mol. The molecule has 2 fully saturated rings. The lowest BCUT2D eigenvalue weighted by Crippen LogP contribution is -2.63. The topological polar surface area (TPSA) is 32.7 Å². The van der Waals surface area contributed by atoms with Gasteiger partial charge in [-0.25, -0.2) is 0 Å². The zero-order valence-corrected chi connectivity index (χ0v) is 8.71. The molecule has 76 valence electrons. The van der Waals surface area contributed by atoms with Crippen LogP contribution in [-0.4, -0.2) is 28.1 Å². The van der Waals surface area contributed by atoms with Crippen LogP contribution in [0, 0.1) is 5.92 Å². The number of hydrogen-bond donors (Lipinski definition) is 1. The maximum atomic E-state index is 10.1. The molecule has 1 saturated carbocycles. The molecular weight excluding hydrogens is 166 g/mol. The van der Waals surface area contributed by atoms with Gasteiger partial charge in [-0.1, -0.05) is 6.42 Å². The second kappa shape index (κ2) is 2.69. The van der Waals surface area contributed by atoms with Gasteiger partial charge in [0.2, 0.25) is 0 Å². The van der Waals surface area contributed by atoms with E-state index in [-0.39, 0.29) is 5.54 Å². The van der Waals surface area contributed by atoms with Gasteiger partial charge < -0.3 is 9.94 Å². The van der Waals surface area contributed by atoms with Crippen LogP contribution >= 0.6 is 0 Å². The van der Waals surface area contributed by atoms with Crippen molar-refractivity contribution in [1.29, 1.82) is 0 Å². The third kappa shape index (κ3) is 1.22. The first kappa shape index (κ1) is 9.44. The Morgan fingerprint density at radius 3 is 2.77 bits per heavy atom. The van der Waals surface area contributed by atoms with E-state index in [2.05, 4.69) is 6.92 Å². The lowest BCUT2D eigenvalue weighted by atomic mass is 9.86. The van der Waals surface area contributed by atoms with E-state index < -0.39 is 5.72 Å². The smallest absolute Gasteiger partial charge is 0.138 e. The Labute approximate surface area is 79.6 Å². The summed E-state index contributed by atoms with van der Waals surface area (Å²) in [6.07, 6.45) is 3.47. The standard InChI is InChI=1S/C10H19NO2/c1-9(2)11(12)10(3)6-4-5-8(10)7-13-9/h8,12H,4-7H2,1-3H3/t8-,10-/m0/s1. The fourth-order valence-electron chi connectivity index (χ4n) is 2.74. The molecule has 3 heteroatoms. The normalized spacial score (nSPS) is 44.8. The molecule has 0 aromatic carbocycles. The molecule has 1 N–H and O–H groups in total. The Morgan fingerprint density at radius 1 is 1.38 bits per heavy atom. The number of hydrogen-bond acceptors (Lipinski definition) is 3. The highest BCUT2D eigenvalue weighted by Crippen LogP contribution is 2.46. The average molecular weight is 185 g/mol. The van der Waals surface area contributed by atoms with Gasteiger partial charge in [0.15, 0.2) is 0 Å². The summed E-state index contributed by atoms with van der Waals surface area (Å²) in [4.78, 5) is 0. The van der Waals surface area contributed by atoms with Gasteiger partial charge in [-0.3, -0.25) is 0 Å². The van der Waals surface area contributed by atoms with Crippen LogP contribution in [0.3, 0.4) is 0 Å². The van der Waals surface area contributed by atoms with Gasteiger partial charge in [0, 0.05) is 5.92 Å². The molecule has 2 aliphatic rings. The van der Waals surface area contributed by atoms with Crippen LogP contribution in [0.5, 0.6) is 0 Å². The van der Waals surface area contributed by atoms with E-state index in [9.17, 15) is 5.21 Å². The maximum Gasteiger partial charge on any atom is 0.138 e. The predicted octanol–water partition coefficient (Wildman–Crippen LogP) is 2.00. The molecule has 1 aliphatic heterocycles. The average Bonchev–Trinajstić information content (AvgIpc) is 2.42. The first-order chi connectivity index (χ1) is 5.97. The molecule has 3 nitrogen and oxygen atoms in total. The minimum atomic E-state index is -0.518. The molecule has 0 aromatic heterocycles. The lowest BCUT2D eigenvalue weighted by Gasteiger charge is -2.51. The SMILES string of the molecule is CC1(C)OC[C@@H]2CCC[C@]2(C)N1O. The fraction of sp³-hybridized carbons (Fsp3) is 1.00. The Kier molecular flexibility index (Phi) is 1.95. The zero-order chi connectivity index (χ0) is 9.69. The van der Waals surface area contributed by atoms with Crippen LogP contribution < -0.4 is 0 Å². The van der Waals surface area contributed by atoms with Crippen molar-refractivity contribution < 1.29 is 9.94 Å². The highest BCUT2D eigenvalue weighted by atomic mass is 16.6. The number of hydroxylamine groups is 2. The van der Waals surface area contributed by atoms with Gasteiger partial charge >= 0.3 is 0 Å². The van der Waals surface area contributed by atoms with Gasteiger partial charge in [0.1, 0.15) is 5.72 Å². The van der Waals surface area contributed by atoms with E-state index >= 15 is 0 Å². The minimum Gasteiger partial charge on any atom is -0.359 e. The molecule has 1 heterocycles. The quantitative estimate of drug-likeness (QED) is 0.626. The highest BCUT2D eigenvalue weighted by molar-refractivity contribution is 4.99. The summed E-state index contributed by atoms with van der Waals surface area (Å²) >= 11 is 0. The lowest BCUT2D eigenvalue weighted by molar-refractivity contribution is -0.350. The Morgan fingerprint density at radius 2 is 2.08 bits per heavy atom. The van der Waals surface area contributed by atoms with E-state index in [1.54, 1.807) is 0 Å². The minimum absolute atomic E-state index is 0.0538. The molecular formula is C10H19NO2. The summed E-state index contributed by atoms with van der Waals surface area (Å²) < 4.78 is 5.63. The highest BCUT2D eigenvalue weighted by Gasteiger charge is 2.52. The van der Waals surface area contributed by atoms with Crippen molar-refractivity contribution in [2.45, 2.75) is 51.3 Å². The molecule has 0 amide bonds. The molecule has 1 aliphatic carbocycles. The van der Waals surface area contributed by atoms with Gasteiger partial charge in [-0.15, -0.1) is 0 Å². The summed E-state index contributed by atoms with van der Waals surface area (Å²) in [7, 11) is 0. The van der Waals surface area contributed by atoms with Crippen molar-refractivity contribution in [3.8, 4) is 0 Å². The van der Waals surface area contributed by atoms with Crippen molar-refractivity contribution in [2.24, 2.45) is 5.92 Å². The second-order valence-corrected chi connectivity index (χ2v) is 5.02. The number of fused-ring (bicyclic) bond motifs is 1. The van der Waals surface area contributed by atoms with Crippen LogP contribution in [0.4, 0.5) is 0 Å². The number of rotatable bonds is 0. The summed E-state index contributed by atoms with van der Waals surface area (Å²) in [6, 6.07) is 0. The third-order valence-electron chi connectivity index (χ3n) is 3.75. The number of ether oxygens (including phenoxy) is 1. The van der Waals surface area contributed by atoms with E-state index in [1.165, 1.54) is 17.9 Å². The summed E-state index contributed by atoms with van der Waals surface area (Å²) in [5.41, 5.74) is -0.572. The van der Waals surface area contributed by atoms with Crippen LogP contribution in [-0.2, 0) is 4.74 Å². The van der Waals surface area contributed by atoms with Crippen molar-refractivity contribution in [2.75, 3.05) is 6.61 Å². The monoisotopic (exact) mass is 185 g/mol. The molecule has 0 radical (unpaired) electrons. The number of nitrogens with zero attached hydrogens (tertiary/aromatic N) is 1. The van der Waals surface area contributed by atoms with Gasteiger partial charge in [-0.05, 0) is 33.6 Å². The molecule has 0 aromatic rings. The maximum absolute atomic E-state index is 10.1. The molecule has 0 bridgehead atoms.